The highest BCUT2D eigenvalue weighted by molar-refractivity contribution is 5.90. The van der Waals surface area contributed by atoms with Gasteiger partial charge in [-0.15, -0.1) is 0 Å². The van der Waals surface area contributed by atoms with Gasteiger partial charge in [0.2, 0.25) is 0 Å². The van der Waals surface area contributed by atoms with Crippen molar-refractivity contribution < 1.29 is 49.0 Å². The zero-order valence-electron chi connectivity index (χ0n) is 21.4. The number of anilines is 1. The molecule has 0 aromatic heterocycles. The smallest absolute Gasteiger partial charge is 0.416 e. The second kappa shape index (κ2) is 11.1. The third-order valence-electron chi connectivity index (χ3n) is 6.32. The summed E-state index contributed by atoms with van der Waals surface area (Å²) in [5.74, 6) is 0. The van der Waals surface area contributed by atoms with E-state index in [0.717, 1.165) is 28.9 Å². The van der Waals surface area contributed by atoms with Crippen LogP contribution in [0.5, 0.6) is 0 Å². The molecule has 40 heavy (non-hydrogen) atoms. The molecular formula is C26H24F9N3O2. The van der Waals surface area contributed by atoms with Crippen LogP contribution in [-0.2, 0) is 29.8 Å². The van der Waals surface area contributed by atoms with Gasteiger partial charge < -0.3 is 4.74 Å². The van der Waals surface area contributed by atoms with Gasteiger partial charge in [0.25, 0.3) is 0 Å². The van der Waals surface area contributed by atoms with Crippen molar-refractivity contribution in [2.24, 2.45) is 0 Å². The summed E-state index contributed by atoms with van der Waals surface area (Å²) in [5, 5.41) is 9.91. The van der Waals surface area contributed by atoms with Gasteiger partial charge in [0.05, 0.1) is 41.1 Å². The predicted octanol–water partition coefficient (Wildman–Crippen LogP) is 8.22. The van der Waals surface area contributed by atoms with Gasteiger partial charge >= 0.3 is 24.6 Å². The van der Waals surface area contributed by atoms with Crippen LogP contribution in [0.4, 0.5) is 50.0 Å². The molecule has 0 radical (unpaired) electrons. The molecule has 218 valence electrons. The Kier molecular flexibility index (Phi) is 8.57. The van der Waals surface area contributed by atoms with Crippen LogP contribution in [0.25, 0.3) is 0 Å². The number of hydrogen-bond donors (Lipinski definition) is 0. The van der Waals surface area contributed by atoms with E-state index in [0.29, 0.717) is 12.1 Å². The minimum Gasteiger partial charge on any atom is -0.446 e. The van der Waals surface area contributed by atoms with E-state index in [4.69, 9.17) is 4.74 Å². The van der Waals surface area contributed by atoms with E-state index in [1.165, 1.54) is 0 Å². The quantitative estimate of drug-likeness (QED) is 0.207. The maximum absolute atomic E-state index is 13.8. The van der Waals surface area contributed by atoms with Crippen LogP contribution in [0.15, 0.2) is 30.3 Å². The number of carbonyl (C=O) groups is 1. The Morgan fingerprint density at radius 3 is 2.08 bits per heavy atom. The van der Waals surface area contributed by atoms with Crippen LogP contribution >= 0.6 is 0 Å². The first kappa shape index (κ1) is 30.9. The maximum atomic E-state index is 13.8. The van der Waals surface area contributed by atoms with Crippen LogP contribution in [0.1, 0.15) is 66.1 Å². The summed E-state index contributed by atoms with van der Waals surface area (Å²) in [7, 11) is 0. The summed E-state index contributed by atoms with van der Waals surface area (Å²) in [5.41, 5.74) is -5.10. The number of fused-ring (bicyclic) bond motifs is 1. The molecule has 1 unspecified atom stereocenters. The van der Waals surface area contributed by atoms with Crippen molar-refractivity contribution in [2.45, 2.75) is 70.8 Å². The number of rotatable bonds is 4. The lowest BCUT2D eigenvalue weighted by atomic mass is 9.94. The molecule has 1 heterocycles. The first-order valence-electron chi connectivity index (χ1n) is 12.0. The molecule has 0 saturated carbocycles. The highest BCUT2D eigenvalue weighted by atomic mass is 19.4. The molecule has 5 nitrogen and oxygen atoms in total. The number of benzene rings is 2. The van der Waals surface area contributed by atoms with E-state index in [2.05, 4.69) is 0 Å². The molecule has 14 heteroatoms. The fourth-order valence-corrected chi connectivity index (χ4v) is 4.66. The summed E-state index contributed by atoms with van der Waals surface area (Å²) in [6, 6.07) is 1.69. The molecule has 1 aliphatic rings. The lowest BCUT2D eigenvalue weighted by Crippen LogP contribution is -2.35. The minimum absolute atomic E-state index is 0.0403. The normalized spacial score (nSPS) is 16.3. The first-order valence-corrected chi connectivity index (χ1v) is 12.0. The van der Waals surface area contributed by atoms with Crippen molar-refractivity contribution in [3.63, 3.8) is 0 Å². The highest BCUT2D eigenvalue weighted by Crippen LogP contribution is 2.44. The SMILES string of the molecule is Cc1c(C(F)(F)F)ccc2c1N(C(=O)OC(C)C)CCCC2N(C#N)Cc1cc(C(F)(F)F)cc(C(F)(F)F)c1. The van der Waals surface area contributed by atoms with Gasteiger partial charge in [-0.3, -0.25) is 9.80 Å². The van der Waals surface area contributed by atoms with Crippen LogP contribution in [0.2, 0.25) is 0 Å². The van der Waals surface area contributed by atoms with Crippen LogP contribution in [0, 0.1) is 18.4 Å². The topological polar surface area (TPSA) is 56.6 Å². The second-order valence-corrected chi connectivity index (χ2v) is 9.56. The maximum Gasteiger partial charge on any atom is 0.416 e. The molecule has 2 aromatic rings. The molecule has 0 N–H and O–H groups in total. The lowest BCUT2D eigenvalue weighted by molar-refractivity contribution is -0.143. The number of halogens is 9. The highest BCUT2D eigenvalue weighted by Gasteiger charge is 2.40. The van der Waals surface area contributed by atoms with E-state index < -0.39 is 65.6 Å². The van der Waals surface area contributed by atoms with E-state index >= 15 is 0 Å². The Bertz CT molecular complexity index is 1260. The molecule has 1 atom stereocenters. The summed E-state index contributed by atoms with van der Waals surface area (Å²) in [4.78, 5) is 14.8. The number of amides is 1. The summed E-state index contributed by atoms with van der Waals surface area (Å²) in [6.07, 6.45) is -14.6. The zero-order chi connectivity index (χ0) is 30.2. The molecule has 0 spiro atoms. The monoisotopic (exact) mass is 581 g/mol. The van der Waals surface area contributed by atoms with Gasteiger partial charge in [-0.2, -0.15) is 44.8 Å². The second-order valence-electron chi connectivity index (χ2n) is 9.56. The number of nitriles is 1. The van der Waals surface area contributed by atoms with Gasteiger partial charge in [0.1, 0.15) is 0 Å². The molecule has 0 bridgehead atoms. The number of ether oxygens (including phenoxy) is 1. The van der Waals surface area contributed by atoms with Crippen molar-refractivity contribution in [2.75, 3.05) is 11.4 Å². The Morgan fingerprint density at radius 2 is 1.60 bits per heavy atom. The number of alkyl halides is 9. The Balaban J connectivity index is 2.15. The molecule has 0 aliphatic carbocycles. The van der Waals surface area contributed by atoms with Crippen molar-refractivity contribution in [1.82, 2.24) is 4.90 Å². The van der Waals surface area contributed by atoms with E-state index in [1.54, 1.807) is 20.0 Å². The summed E-state index contributed by atoms with van der Waals surface area (Å²) >= 11 is 0. The molecule has 1 amide bonds. The van der Waals surface area contributed by atoms with Gasteiger partial charge in [0.15, 0.2) is 6.19 Å². The van der Waals surface area contributed by atoms with Crippen molar-refractivity contribution in [3.05, 3.63) is 63.7 Å². The zero-order valence-corrected chi connectivity index (χ0v) is 21.4. The van der Waals surface area contributed by atoms with Gasteiger partial charge in [0, 0.05) is 6.54 Å². The Labute approximate surface area is 223 Å². The Morgan fingerprint density at radius 1 is 1.02 bits per heavy atom. The average Bonchev–Trinajstić information content (AvgIpc) is 3.00. The lowest BCUT2D eigenvalue weighted by Gasteiger charge is -2.31. The number of hydrogen-bond acceptors (Lipinski definition) is 4. The van der Waals surface area contributed by atoms with E-state index in [1.807, 2.05) is 0 Å². The average molecular weight is 581 g/mol. The molecule has 0 fully saturated rings. The molecule has 3 rings (SSSR count). The first-order chi connectivity index (χ1) is 18.3. The van der Waals surface area contributed by atoms with Crippen molar-refractivity contribution in [1.29, 1.82) is 5.26 Å². The summed E-state index contributed by atoms with van der Waals surface area (Å²) < 4.78 is 127. The summed E-state index contributed by atoms with van der Waals surface area (Å²) in [6.45, 7) is 3.42. The largest absolute Gasteiger partial charge is 0.446 e. The van der Waals surface area contributed by atoms with Gasteiger partial charge in [-0.05, 0) is 74.6 Å². The predicted molar refractivity (Wildman–Crippen MR) is 125 cm³/mol. The van der Waals surface area contributed by atoms with Gasteiger partial charge in [-0.25, -0.2) is 4.79 Å². The molecule has 0 saturated heterocycles. The minimum atomic E-state index is -5.11. The third-order valence-corrected chi connectivity index (χ3v) is 6.32. The third kappa shape index (κ3) is 6.74. The van der Waals surface area contributed by atoms with Crippen molar-refractivity contribution in [3.8, 4) is 6.19 Å². The van der Waals surface area contributed by atoms with E-state index in [-0.39, 0.29) is 42.3 Å². The number of carbonyl (C=O) groups excluding carboxylic acids is 1. The molecular weight excluding hydrogens is 557 g/mol. The Hall–Kier alpha value is -3.63. The fraction of sp³-hybridized carbons (Fsp3) is 0.462. The van der Waals surface area contributed by atoms with E-state index in [9.17, 15) is 49.6 Å². The fourth-order valence-electron chi connectivity index (χ4n) is 4.66. The number of nitrogens with zero attached hydrogens (tertiary/aromatic N) is 3. The standard InChI is InChI=1S/C26H24F9N3O2/c1-14(2)40-23(39)38-8-4-5-21(19-6-7-20(26(33,34)35)15(3)22(19)38)37(13-36)12-16-9-17(24(27,28)29)11-18(10-16)25(30,31)32/h6-7,9-11,14,21H,4-5,8,12H2,1-3H3. The van der Waals surface area contributed by atoms with Crippen molar-refractivity contribution >= 4 is 11.8 Å². The van der Waals surface area contributed by atoms with Crippen LogP contribution < -0.4 is 4.90 Å². The van der Waals surface area contributed by atoms with Crippen LogP contribution in [0.3, 0.4) is 0 Å². The molecule has 2 aromatic carbocycles. The van der Waals surface area contributed by atoms with Gasteiger partial charge in [-0.1, -0.05) is 6.07 Å². The van der Waals surface area contributed by atoms with Crippen LogP contribution in [-0.4, -0.2) is 23.6 Å². The molecule has 1 aliphatic heterocycles.